The van der Waals surface area contributed by atoms with Crippen LogP contribution < -0.4 is 19.5 Å². The topological polar surface area (TPSA) is 120 Å². The SMILES string of the molecule is C[C@H](OC(=O)c1ccccc1NS(=O)(=O)c1ccc2c(c1)OCCO2)C(=O)N[C@H](C)[C@@H]1C[C@H]2CC[C@H]1C2. The van der Waals surface area contributed by atoms with Crippen molar-refractivity contribution in [2.45, 2.75) is 56.6 Å². The molecule has 3 aliphatic rings. The van der Waals surface area contributed by atoms with Crippen molar-refractivity contribution >= 4 is 27.6 Å². The second-order valence-corrected chi connectivity index (χ2v) is 11.8. The smallest absolute Gasteiger partial charge is 0.341 e. The van der Waals surface area contributed by atoms with E-state index < -0.39 is 22.1 Å². The van der Waals surface area contributed by atoms with Crippen LogP contribution in [0.25, 0.3) is 0 Å². The van der Waals surface area contributed by atoms with E-state index in [9.17, 15) is 18.0 Å². The van der Waals surface area contributed by atoms with Gasteiger partial charge in [0.2, 0.25) is 0 Å². The van der Waals surface area contributed by atoms with Gasteiger partial charge in [0, 0.05) is 12.1 Å². The summed E-state index contributed by atoms with van der Waals surface area (Å²) in [4.78, 5) is 25.7. The van der Waals surface area contributed by atoms with Gasteiger partial charge in [-0.1, -0.05) is 18.6 Å². The molecule has 2 aromatic rings. The van der Waals surface area contributed by atoms with Crippen molar-refractivity contribution in [2.75, 3.05) is 17.9 Å². The highest BCUT2D eigenvalue weighted by Crippen LogP contribution is 2.49. The summed E-state index contributed by atoms with van der Waals surface area (Å²) >= 11 is 0. The third-order valence-corrected chi connectivity index (χ3v) is 9.04. The number of amides is 1. The number of hydrogen-bond acceptors (Lipinski definition) is 7. The van der Waals surface area contributed by atoms with Crippen LogP contribution in [-0.4, -0.2) is 45.7 Å². The molecule has 198 valence electrons. The molecule has 2 aliphatic carbocycles. The normalized spacial score (nSPS) is 23.7. The average Bonchev–Trinajstić information content (AvgIpc) is 3.52. The lowest BCUT2D eigenvalue weighted by Crippen LogP contribution is -2.45. The molecule has 2 aromatic carbocycles. The molecule has 2 fully saturated rings. The van der Waals surface area contributed by atoms with Gasteiger partial charge in [0.25, 0.3) is 15.9 Å². The number of hydrogen-bond donors (Lipinski definition) is 2. The zero-order valence-corrected chi connectivity index (χ0v) is 21.8. The number of esters is 1. The summed E-state index contributed by atoms with van der Waals surface area (Å²) in [5.74, 6) is 1.53. The number of sulfonamides is 1. The van der Waals surface area contributed by atoms with E-state index in [4.69, 9.17) is 14.2 Å². The Bertz CT molecular complexity index is 1300. The summed E-state index contributed by atoms with van der Waals surface area (Å²) in [5, 5.41) is 3.01. The fourth-order valence-corrected chi connectivity index (χ4v) is 6.87. The van der Waals surface area contributed by atoms with Crippen LogP contribution in [0.2, 0.25) is 0 Å². The van der Waals surface area contributed by atoms with Crippen molar-refractivity contribution < 1.29 is 32.2 Å². The van der Waals surface area contributed by atoms with Crippen LogP contribution >= 0.6 is 0 Å². The number of carbonyl (C=O) groups excluding carboxylic acids is 2. The predicted octanol–water partition coefficient (Wildman–Crippen LogP) is 3.74. The largest absolute Gasteiger partial charge is 0.486 e. The number of nitrogens with one attached hydrogen (secondary N) is 2. The van der Waals surface area contributed by atoms with Gasteiger partial charge in [-0.05, 0) is 75.1 Å². The molecule has 10 heteroatoms. The molecular weight excluding hydrogens is 496 g/mol. The first-order chi connectivity index (χ1) is 17.7. The van der Waals surface area contributed by atoms with Crippen LogP contribution in [0.4, 0.5) is 5.69 Å². The van der Waals surface area contributed by atoms with Crippen LogP contribution in [0.1, 0.15) is 49.9 Å². The maximum atomic E-state index is 13.1. The number of para-hydroxylation sites is 1. The molecule has 2 saturated carbocycles. The van der Waals surface area contributed by atoms with Crippen LogP contribution in [0.15, 0.2) is 47.4 Å². The highest BCUT2D eigenvalue weighted by Gasteiger charge is 2.42. The van der Waals surface area contributed by atoms with Gasteiger partial charge < -0.3 is 19.5 Å². The van der Waals surface area contributed by atoms with Crippen molar-refractivity contribution in [3.05, 3.63) is 48.0 Å². The van der Waals surface area contributed by atoms with E-state index in [0.29, 0.717) is 36.5 Å². The molecule has 9 nitrogen and oxygen atoms in total. The monoisotopic (exact) mass is 528 g/mol. The van der Waals surface area contributed by atoms with Gasteiger partial charge in [-0.3, -0.25) is 9.52 Å². The third-order valence-electron chi connectivity index (χ3n) is 7.67. The van der Waals surface area contributed by atoms with E-state index in [2.05, 4.69) is 10.0 Å². The highest BCUT2D eigenvalue weighted by molar-refractivity contribution is 7.92. The molecular formula is C27H32N2O7S. The lowest BCUT2D eigenvalue weighted by Gasteiger charge is -2.29. The summed E-state index contributed by atoms with van der Waals surface area (Å²) in [6.07, 6.45) is 3.86. The van der Waals surface area contributed by atoms with Gasteiger partial charge >= 0.3 is 5.97 Å². The molecule has 0 unspecified atom stereocenters. The summed E-state index contributed by atoms with van der Waals surface area (Å²) < 4.78 is 45.0. The maximum Gasteiger partial charge on any atom is 0.341 e. The fraction of sp³-hybridized carbons (Fsp3) is 0.481. The molecule has 0 radical (unpaired) electrons. The molecule has 1 heterocycles. The van der Waals surface area contributed by atoms with Gasteiger partial charge in [-0.15, -0.1) is 0 Å². The van der Waals surface area contributed by atoms with Crippen LogP contribution in [0.5, 0.6) is 11.5 Å². The second-order valence-electron chi connectivity index (χ2n) is 10.1. The minimum Gasteiger partial charge on any atom is -0.486 e. The van der Waals surface area contributed by atoms with E-state index in [1.165, 1.54) is 56.5 Å². The van der Waals surface area contributed by atoms with E-state index in [0.717, 1.165) is 12.3 Å². The minimum absolute atomic E-state index is 0.00409. The van der Waals surface area contributed by atoms with Gasteiger partial charge in [-0.2, -0.15) is 0 Å². The molecule has 0 saturated heterocycles. The Kier molecular flexibility index (Phi) is 7.02. The number of rotatable bonds is 8. The molecule has 2 bridgehead atoms. The molecule has 0 aromatic heterocycles. The Hall–Kier alpha value is -3.27. The van der Waals surface area contributed by atoms with Crippen molar-refractivity contribution in [1.82, 2.24) is 5.32 Å². The van der Waals surface area contributed by atoms with Crippen LogP contribution in [0, 0.1) is 17.8 Å². The summed E-state index contributed by atoms with van der Waals surface area (Å²) in [5.41, 5.74) is 0.0507. The summed E-state index contributed by atoms with van der Waals surface area (Å²) in [6, 6.07) is 10.4. The number of anilines is 1. The molecule has 37 heavy (non-hydrogen) atoms. The Labute approximate surface area is 216 Å². The minimum atomic E-state index is -4.05. The Morgan fingerprint density at radius 1 is 1.00 bits per heavy atom. The van der Waals surface area contributed by atoms with Gasteiger partial charge in [0.05, 0.1) is 16.1 Å². The van der Waals surface area contributed by atoms with Crippen molar-refractivity contribution in [2.24, 2.45) is 17.8 Å². The number of ether oxygens (including phenoxy) is 3. The lowest BCUT2D eigenvalue weighted by molar-refractivity contribution is -0.130. The third kappa shape index (κ3) is 5.39. The summed E-state index contributed by atoms with van der Waals surface area (Å²) in [7, 11) is -4.05. The zero-order valence-electron chi connectivity index (χ0n) is 20.9. The molecule has 0 spiro atoms. The first-order valence-corrected chi connectivity index (χ1v) is 14.2. The molecule has 2 N–H and O–H groups in total. The van der Waals surface area contributed by atoms with E-state index >= 15 is 0 Å². The average molecular weight is 529 g/mol. The van der Waals surface area contributed by atoms with Gasteiger partial charge in [0.1, 0.15) is 13.2 Å². The quantitative estimate of drug-likeness (QED) is 0.501. The first-order valence-electron chi connectivity index (χ1n) is 12.7. The summed E-state index contributed by atoms with van der Waals surface area (Å²) in [6.45, 7) is 4.25. The predicted molar refractivity (Wildman–Crippen MR) is 136 cm³/mol. The van der Waals surface area contributed by atoms with Crippen molar-refractivity contribution in [1.29, 1.82) is 0 Å². The zero-order chi connectivity index (χ0) is 26.2. The second kappa shape index (κ2) is 10.2. The number of benzene rings is 2. The van der Waals surface area contributed by atoms with Gasteiger partial charge in [0.15, 0.2) is 17.6 Å². The van der Waals surface area contributed by atoms with E-state index in [-0.39, 0.29) is 28.1 Å². The van der Waals surface area contributed by atoms with Crippen molar-refractivity contribution in [3.8, 4) is 11.5 Å². The Balaban J connectivity index is 1.24. The fourth-order valence-electron chi connectivity index (χ4n) is 5.78. The first kappa shape index (κ1) is 25.4. The molecule has 5 rings (SSSR count). The number of fused-ring (bicyclic) bond motifs is 3. The standard InChI is InChI=1S/C27H32N2O7S/c1-16(22-14-18-7-8-19(22)13-18)28-26(30)17(2)36-27(31)21-5-3-4-6-23(21)29-37(32,33)20-9-10-24-25(15-20)35-12-11-34-24/h3-6,9-10,15-19,22,29H,7-8,11-14H2,1-2H3,(H,28,30)/t16-,17+,18+,19+,22+/m1/s1. The molecule has 5 atom stereocenters. The van der Waals surface area contributed by atoms with Crippen molar-refractivity contribution in [3.63, 3.8) is 0 Å². The molecule has 1 aliphatic heterocycles. The highest BCUT2D eigenvalue weighted by atomic mass is 32.2. The van der Waals surface area contributed by atoms with Crippen LogP contribution in [0.3, 0.4) is 0 Å². The lowest BCUT2D eigenvalue weighted by atomic mass is 9.84. The molecule has 1 amide bonds. The van der Waals surface area contributed by atoms with E-state index in [1.54, 1.807) is 12.1 Å². The van der Waals surface area contributed by atoms with E-state index in [1.807, 2.05) is 6.92 Å². The number of carbonyl (C=O) groups is 2. The van der Waals surface area contributed by atoms with Gasteiger partial charge in [-0.25, -0.2) is 13.2 Å². The Morgan fingerprint density at radius 2 is 1.76 bits per heavy atom. The maximum absolute atomic E-state index is 13.1. The van der Waals surface area contributed by atoms with Crippen LogP contribution in [-0.2, 0) is 19.6 Å². The Morgan fingerprint density at radius 3 is 2.49 bits per heavy atom.